The lowest BCUT2D eigenvalue weighted by Gasteiger charge is -2.10. The largest absolute Gasteiger partial charge is 0.478 e. The number of carbonyl (C=O) groups is 2. The van der Waals surface area contributed by atoms with Gasteiger partial charge in [-0.3, -0.25) is 0 Å². The van der Waals surface area contributed by atoms with Crippen molar-refractivity contribution in [3.63, 3.8) is 0 Å². The van der Waals surface area contributed by atoms with Crippen molar-refractivity contribution >= 4 is 29.3 Å². The minimum Gasteiger partial charge on any atom is -0.478 e. The number of anilines is 1. The molecule has 3 N–H and O–H groups in total. The van der Waals surface area contributed by atoms with Gasteiger partial charge in [0, 0.05) is 6.04 Å². The minimum atomic E-state index is -1.06. The maximum Gasteiger partial charge on any atom is 0.335 e. The van der Waals surface area contributed by atoms with Gasteiger partial charge in [0.1, 0.15) is 0 Å². The van der Waals surface area contributed by atoms with Gasteiger partial charge in [-0.2, -0.15) is 0 Å². The monoisotopic (exact) mass is 310 g/mol. The molecule has 0 radical (unpaired) electrons. The number of benzene rings is 1. The summed E-state index contributed by atoms with van der Waals surface area (Å²) in [5.41, 5.74) is 0.550. The van der Waals surface area contributed by atoms with Gasteiger partial charge in [0.2, 0.25) is 0 Å². The summed E-state index contributed by atoms with van der Waals surface area (Å²) in [7, 11) is 0. The first-order valence-corrected chi connectivity index (χ1v) is 7.05. The third-order valence-electron chi connectivity index (χ3n) is 4.76. The standard InChI is InChI=1S/C15H19ClN2O3/c1-14(2)12(15(14,3)4)18-13(21)17-10-6-5-8(11(19)20)7-9(10)16/h5-7,12H,1-4H3,(H,19,20)(H2,17,18,21). The first kappa shape index (κ1) is 15.6. The lowest BCUT2D eigenvalue weighted by molar-refractivity contribution is 0.0697. The van der Waals surface area contributed by atoms with Crippen LogP contribution in [-0.4, -0.2) is 23.1 Å². The topological polar surface area (TPSA) is 78.4 Å². The summed E-state index contributed by atoms with van der Waals surface area (Å²) in [6, 6.07) is 3.93. The van der Waals surface area contributed by atoms with E-state index in [9.17, 15) is 9.59 Å². The Hall–Kier alpha value is -1.75. The van der Waals surface area contributed by atoms with E-state index in [2.05, 4.69) is 38.3 Å². The molecule has 0 heterocycles. The van der Waals surface area contributed by atoms with Crippen LogP contribution < -0.4 is 10.6 Å². The Balaban J connectivity index is 2.03. The van der Waals surface area contributed by atoms with Crippen LogP contribution in [0.25, 0.3) is 0 Å². The Morgan fingerprint density at radius 3 is 2.19 bits per heavy atom. The zero-order valence-electron chi connectivity index (χ0n) is 12.5. The second kappa shape index (κ2) is 4.91. The molecule has 1 aromatic rings. The van der Waals surface area contributed by atoms with Crippen LogP contribution >= 0.6 is 11.6 Å². The molecule has 1 aliphatic rings. The van der Waals surface area contributed by atoms with E-state index in [1.165, 1.54) is 18.2 Å². The number of rotatable bonds is 3. The van der Waals surface area contributed by atoms with Crippen molar-refractivity contribution in [3.8, 4) is 0 Å². The number of nitrogens with one attached hydrogen (secondary N) is 2. The molecular weight excluding hydrogens is 292 g/mol. The van der Waals surface area contributed by atoms with Crippen molar-refractivity contribution in [1.82, 2.24) is 5.32 Å². The fourth-order valence-electron chi connectivity index (χ4n) is 2.60. The summed E-state index contributed by atoms with van der Waals surface area (Å²) in [6.07, 6.45) is 0. The van der Waals surface area contributed by atoms with Crippen molar-refractivity contribution in [2.75, 3.05) is 5.32 Å². The number of aromatic carboxylic acids is 1. The van der Waals surface area contributed by atoms with Gasteiger partial charge in [0.15, 0.2) is 0 Å². The second-order valence-corrected chi connectivity index (χ2v) is 6.88. The summed E-state index contributed by atoms with van der Waals surface area (Å²) in [6.45, 7) is 8.41. The van der Waals surface area contributed by atoms with Gasteiger partial charge in [-0.15, -0.1) is 0 Å². The molecule has 2 amide bonds. The van der Waals surface area contributed by atoms with Crippen LogP contribution in [0.3, 0.4) is 0 Å². The van der Waals surface area contributed by atoms with Gasteiger partial charge >= 0.3 is 12.0 Å². The first-order chi connectivity index (χ1) is 9.57. The molecule has 0 unspecified atom stereocenters. The van der Waals surface area contributed by atoms with E-state index in [0.717, 1.165) is 0 Å². The Kier molecular flexibility index (Phi) is 3.66. The van der Waals surface area contributed by atoms with Crippen molar-refractivity contribution in [2.45, 2.75) is 33.7 Å². The molecule has 0 saturated heterocycles. The van der Waals surface area contributed by atoms with E-state index in [0.29, 0.717) is 5.69 Å². The van der Waals surface area contributed by atoms with E-state index in [4.69, 9.17) is 16.7 Å². The normalized spacial score (nSPS) is 18.9. The summed E-state index contributed by atoms with van der Waals surface area (Å²) in [5, 5.41) is 14.6. The van der Waals surface area contributed by atoms with Crippen LogP contribution in [0, 0.1) is 10.8 Å². The number of hydrogen-bond acceptors (Lipinski definition) is 2. The molecule has 2 rings (SSSR count). The predicted molar refractivity (Wildman–Crippen MR) is 81.9 cm³/mol. The summed E-state index contributed by atoms with van der Waals surface area (Å²) < 4.78 is 0. The Morgan fingerprint density at radius 2 is 1.76 bits per heavy atom. The average Bonchev–Trinajstić information content (AvgIpc) is 2.74. The molecule has 1 aliphatic carbocycles. The van der Waals surface area contributed by atoms with E-state index in [1.807, 2.05) is 0 Å². The molecule has 0 spiro atoms. The lowest BCUT2D eigenvalue weighted by atomic mass is 10.0. The smallest absolute Gasteiger partial charge is 0.335 e. The maximum absolute atomic E-state index is 12.0. The predicted octanol–water partition coefficient (Wildman–Crippen LogP) is 3.59. The summed E-state index contributed by atoms with van der Waals surface area (Å²) in [4.78, 5) is 22.8. The molecule has 1 aromatic carbocycles. The number of carboxylic acid groups (broad SMARTS) is 1. The number of halogens is 1. The molecule has 0 atom stereocenters. The fourth-order valence-corrected chi connectivity index (χ4v) is 2.82. The molecule has 114 valence electrons. The van der Waals surface area contributed by atoms with Gasteiger partial charge < -0.3 is 15.7 Å². The van der Waals surface area contributed by atoms with Gasteiger partial charge in [-0.25, -0.2) is 9.59 Å². The molecule has 0 aromatic heterocycles. The van der Waals surface area contributed by atoms with Gasteiger partial charge in [-0.1, -0.05) is 39.3 Å². The maximum atomic E-state index is 12.0. The number of amides is 2. The Bertz CT molecular complexity index is 597. The molecule has 1 fully saturated rings. The highest BCUT2D eigenvalue weighted by Crippen LogP contribution is 2.62. The third-order valence-corrected chi connectivity index (χ3v) is 5.07. The molecule has 21 heavy (non-hydrogen) atoms. The van der Waals surface area contributed by atoms with Crippen LogP contribution in [0.15, 0.2) is 18.2 Å². The Labute approximate surface area is 128 Å². The zero-order valence-corrected chi connectivity index (χ0v) is 13.2. The highest BCUT2D eigenvalue weighted by Gasteiger charge is 2.65. The molecular formula is C15H19ClN2O3. The van der Waals surface area contributed by atoms with Gasteiger partial charge in [0.05, 0.1) is 16.3 Å². The number of hydrogen-bond donors (Lipinski definition) is 3. The third kappa shape index (κ3) is 2.70. The van der Waals surface area contributed by atoms with E-state index in [-0.39, 0.29) is 33.5 Å². The number of urea groups is 1. The van der Waals surface area contributed by atoms with Gasteiger partial charge in [0.25, 0.3) is 0 Å². The zero-order chi connectivity index (χ0) is 16.0. The summed E-state index contributed by atoms with van der Waals surface area (Å²) in [5.74, 6) is -1.06. The van der Waals surface area contributed by atoms with E-state index < -0.39 is 5.97 Å². The van der Waals surface area contributed by atoms with Crippen LogP contribution in [0.1, 0.15) is 38.1 Å². The van der Waals surface area contributed by atoms with E-state index >= 15 is 0 Å². The molecule has 0 aliphatic heterocycles. The Morgan fingerprint density at radius 1 is 1.19 bits per heavy atom. The molecule has 5 nitrogen and oxygen atoms in total. The minimum absolute atomic E-state index is 0.0430. The van der Waals surface area contributed by atoms with Crippen LogP contribution in [-0.2, 0) is 0 Å². The fraction of sp³-hybridized carbons (Fsp3) is 0.467. The quantitative estimate of drug-likeness (QED) is 0.798. The van der Waals surface area contributed by atoms with Crippen molar-refractivity contribution in [1.29, 1.82) is 0 Å². The molecule has 0 bridgehead atoms. The van der Waals surface area contributed by atoms with E-state index in [1.54, 1.807) is 0 Å². The number of carboxylic acids is 1. The first-order valence-electron chi connectivity index (χ1n) is 6.67. The molecule has 6 heteroatoms. The van der Waals surface area contributed by atoms with Crippen LogP contribution in [0.2, 0.25) is 5.02 Å². The van der Waals surface area contributed by atoms with Crippen LogP contribution in [0.5, 0.6) is 0 Å². The van der Waals surface area contributed by atoms with Crippen molar-refractivity contribution in [2.24, 2.45) is 10.8 Å². The van der Waals surface area contributed by atoms with Gasteiger partial charge in [-0.05, 0) is 29.0 Å². The highest BCUT2D eigenvalue weighted by molar-refractivity contribution is 6.34. The van der Waals surface area contributed by atoms with Crippen molar-refractivity contribution < 1.29 is 14.7 Å². The molecule has 1 saturated carbocycles. The number of carbonyl (C=O) groups excluding carboxylic acids is 1. The second-order valence-electron chi connectivity index (χ2n) is 6.47. The average molecular weight is 311 g/mol. The SMILES string of the molecule is CC1(C)C(NC(=O)Nc2ccc(C(=O)O)cc2Cl)C1(C)C. The summed E-state index contributed by atoms with van der Waals surface area (Å²) >= 11 is 5.98. The highest BCUT2D eigenvalue weighted by atomic mass is 35.5. The lowest BCUT2D eigenvalue weighted by Crippen LogP contribution is -2.33. The van der Waals surface area contributed by atoms with Crippen LogP contribution in [0.4, 0.5) is 10.5 Å². The van der Waals surface area contributed by atoms with Crippen molar-refractivity contribution in [3.05, 3.63) is 28.8 Å².